The van der Waals surface area contributed by atoms with E-state index in [1.54, 1.807) is 35.8 Å². The summed E-state index contributed by atoms with van der Waals surface area (Å²) >= 11 is 0. The smallest absolute Gasteiger partial charge is 0.259 e. The minimum atomic E-state index is -0.343. The fourth-order valence-corrected chi connectivity index (χ4v) is 4.13. The van der Waals surface area contributed by atoms with E-state index >= 15 is 0 Å². The Balaban J connectivity index is 1.63. The molecule has 1 aliphatic heterocycles. The monoisotopic (exact) mass is 485 g/mol. The second kappa shape index (κ2) is 11.8. The van der Waals surface area contributed by atoms with Gasteiger partial charge >= 0.3 is 0 Å². The van der Waals surface area contributed by atoms with Crippen LogP contribution in [0.1, 0.15) is 41.0 Å². The third-order valence-corrected chi connectivity index (χ3v) is 6.21. The van der Waals surface area contributed by atoms with Crippen LogP contribution in [0.15, 0.2) is 61.2 Å². The summed E-state index contributed by atoms with van der Waals surface area (Å²) in [6.07, 6.45) is 6.65. The van der Waals surface area contributed by atoms with Crippen molar-refractivity contribution < 1.29 is 14.6 Å². The normalized spacial score (nSPS) is 18.4. The van der Waals surface area contributed by atoms with Gasteiger partial charge in [-0.1, -0.05) is 18.9 Å². The van der Waals surface area contributed by atoms with Gasteiger partial charge in [0, 0.05) is 55.9 Å². The van der Waals surface area contributed by atoms with Crippen LogP contribution in [0.5, 0.6) is 5.88 Å². The van der Waals surface area contributed by atoms with E-state index in [2.05, 4.69) is 38.6 Å². The fraction of sp³-hybridized carbons (Fsp3) is 0.357. The van der Waals surface area contributed by atoms with Gasteiger partial charge in [-0.25, -0.2) is 9.97 Å². The van der Waals surface area contributed by atoms with Crippen LogP contribution in [0.3, 0.4) is 0 Å². The SMILES string of the molecule is C[C@@H]1CN([C@H](C)CO)C(=O)c2cc(C#Cc3ccccn3)cnc2O[C@@H]1CN(C)Cc1ccncc1. The van der Waals surface area contributed by atoms with E-state index < -0.39 is 0 Å². The highest BCUT2D eigenvalue weighted by Crippen LogP contribution is 2.27. The van der Waals surface area contributed by atoms with Gasteiger partial charge in [0.25, 0.3) is 5.91 Å². The summed E-state index contributed by atoms with van der Waals surface area (Å²) in [5.74, 6) is 6.12. The molecule has 1 aliphatic rings. The van der Waals surface area contributed by atoms with Gasteiger partial charge in [0.1, 0.15) is 17.4 Å². The van der Waals surface area contributed by atoms with E-state index in [9.17, 15) is 9.90 Å². The molecule has 8 nitrogen and oxygen atoms in total. The molecule has 0 spiro atoms. The number of rotatable bonds is 6. The third kappa shape index (κ3) is 6.25. The van der Waals surface area contributed by atoms with Crippen LogP contribution >= 0.6 is 0 Å². The Kier molecular flexibility index (Phi) is 8.26. The van der Waals surface area contributed by atoms with Gasteiger partial charge in [0.15, 0.2) is 0 Å². The van der Waals surface area contributed by atoms with Crippen molar-refractivity contribution in [1.29, 1.82) is 0 Å². The van der Waals surface area contributed by atoms with E-state index in [-0.39, 0.29) is 36.5 Å². The molecule has 186 valence electrons. The number of carbonyl (C=O) groups is 1. The maximum Gasteiger partial charge on any atom is 0.259 e. The Bertz CT molecular complexity index is 1230. The van der Waals surface area contributed by atoms with E-state index in [1.165, 1.54) is 0 Å². The first-order valence-corrected chi connectivity index (χ1v) is 12.0. The van der Waals surface area contributed by atoms with Crippen LogP contribution < -0.4 is 4.74 Å². The fourth-order valence-electron chi connectivity index (χ4n) is 4.13. The summed E-state index contributed by atoms with van der Waals surface area (Å²) in [6.45, 7) is 5.61. The van der Waals surface area contributed by atoms with Crippen molar-refractivity contribution in [3.05, 3.63) is 83.6 Å². The maximum atomic E-state index is 13.5. The molecule has 3 atom stereocenters. The molecule has 8 heteroatoms. The number of carbonyl (C=O) groups excluding carboxylic acids is 1. The van der Waals surface area contributed by atoms with Gasteiger partial charge in [-0.3, -0.25) is 14.7 Å². The summed E-state index contributed by atoms with van der Waals surface area (Å²) in [7, 11) is 2.04. The van der Waals surface area contributed by atoms with Gasteiger partial charge in [0.2, 0.25) is 5.88 Å². The summed E-state index contributed by atoms with van der Waals surface area (Å²) in [4.78, 5) is 30.2. The number of fused-ring (bicyclic) bond motifs is 1. The Morgan fingerprint density at radius 2 is 2.00 bits per heavy atom. The first-order valence-electron chi connectivity index (χ1n) is 12.0. The van der Waals surface area contributed by atoms with Gasteiger partial charge in [-0.05, 0) is 55.8 Å². The van der Waals surface area contributed by atoms with Crippen LogP contribution in [-0.2, 0) is 6.54 Å². The number of ether oxygens (including phenoxy) is 1. The number of aromatic nitrogens is 3. The number of likely N-dealkylation sites (N-methyl/N-ethyl adjacent to an activating group) is 1. The van der Waals surface area contributed by atoms with Crippen molar-refractivity contribution in [3.8, 4) is 17.7 Å². The molecule has 0 bridgehead atoms. The van der Waals surface area contributed by atoms with Crippen molar-refractivity contribution >= 4 is 5.91 Å². The molecule has 4 heterocycles. The second-order valence-electron chi connectivity index (χ2n) is 9.22. The minimum absolute atomic E-state index is 0.0152. The predicted octanol–water partition coefficient (Wildman–Crippen LogP) is 2.62. The van der Waals surface area contributed by atoms with Gasteiger partial charge in [0.05, 0.1) is 12.6 Å². The lowest BCUT2D eigenvalue weighted by Crippen LogP contribution is -2.49. The highest BCUT2D eigenvalue weighted by molar-refractivity contribution is 5.97. The molecule has 0 unspecified atom stereocenters. The number of pyridine rings is 3. The molecule has 0 saturated carbocycles. The molecule has 0 aromatic carbocycles. The zero-order valence-electron chi connectivity index (χ0n) is 20.8. The zero-order chi connectivity index (χ0) is 25.5. The Morgan fingerprint density at radius 3 is 2.72 bits per heavy atom. The molecule has 0 radical (unpaired) electrons. The molecule has 3 aromatic heterocycles. The van der Waals surface area contributed by atoms with E-state index in [0.717, 1.165) is 12.1 Å². The van der Waals surface area contributed by atoms with Crippen LogP contribution in [0, 0.1) is 17.8 Å². The van der Waals surface area contributed by atoms with Gasteiger partial charge < -0.3 is 14.7 Å². The highest BCUT2D eigenvalue weighted by atomic mass is 16.5. The average molecular weight is 486 g/mol. The Labute approximate surface area is 212 Å². The topological polar surface area (TPSA) is 91.7 Å². The summed E-state index contributed by atoms with van der Waals surface area (Å²) in [5, 5.41) is 9.86. The quantitative estimate of drug-likeness (QED) is 0.537. The third-order valence-electron chi connectivity index (χ3n) is 6.21. The molecular formula is C28H31N5O3. The van der Waals surface area contributed by atoms with Gasteiger partial charge in [-0.2, -0.15) is 0 Å². The number of aliphatic hydroxyl groups is 1. The van der Waals surface area contributed by atoms with E-state index in [1.807, 2.05) is 44.3 Å². The number of hydrogen-bond donors (Lipinski definition) is 1. The molecule has 4 rings (SSSR count). The first kappa shape index (κ1) is 25.3. The highest BCUT2D eigenvalue weighted by Gasteiger charge is 2.34. The molecule has 0 fully saturated rings. The lowest BCUT2D eigenvalue weighted by Gasteiger charge is -2.37. The lowest BCUT2D eigenvalue weighted by molar-refractivity contribution is 0.0325. The van der Waals surface area contributed by atoms with E-state index in [4.69, 9.17) is 4.74 Å². The largest absolute Gasteiger partial charge is 0.472 e. The summed E-state index contributed by atoms with van der Waals surface area (Å²) < 4.78 is 6.37. The standard InChI is InChI=1S/C28H31N5O3/c1-20-16-33(21(2)19-34)28(35)25-14-23(7-8-24-6-4-5-11-30-24)15-31-27(25)36-26(20)18-32(3)17-22-9-12-29-13-10-22/h4-6,9-15,20-21,26,34H,16-19H2,1-3H3/t20-,21-,26-/m1/s1. The number of aliphatic hydroxyl groups excluding tert-OH is 1. The molecule has 0 saturated heterocycles. The maximum absolute atomic E-state index is 13.5. The van der Waals surface area contributed by atoms with Crippen molar-refractivity contribution in [2.24, 2.45) is 5.92 Å². The first-order chi connectivity index (χ1) is 17.4. The molecule has 3 aromatic rings. The van der Waals surface area contributed by atoms with Crippen molar-refractivity contribution in [3.63, 3.8) is 0 Å². The molecular weight excluding hydrogens is 454 g/mol. The van der Waals surface area contributed by atoms with Crippen LogP contribution in [-0.4, -0.2) is 74.7 Å². The molecule has 1 amide bonds. The zero-order valence-corrected chi connectivity index (χ0v) is 20.8. The molecule has 1 N–H and O–H groups in total. The molecule has 36 heavy (non-hydrogen) atoms. The van der Waals surface area contributed by atoms with Crippen LogP contribution in [0.4, 0.5) is 0 Å². The minimum Gasteiger partial charge on any atom is -0.472 e. The van der Waals surface area contributed by atoms with Gasteiger partial charge in [-0.15, -0.1) is 0 Å². The van der Waals surface area contributed by atoms with Crippen molar-refractivity contribution in [2.75, 3.05) is 26.7 Å². The molecule has 0 aliphatic carbocycles. The Hall–Kier alpha value is -3.80. The number of nitrogens with zero attached hydrogens (tertiary/aromatic N) is 5. The average Bonchev–Trinajstić information content (AvgIpc) is 2.90. The summed E-state index contributed by atoms with van der Waals surface area (Å²) in [6, 6.07) is 10.9. The van der Waals surface area contributed by atoms with Crippen LogP contribution in [0.25, 0.3) is 0 Å². The summed E-state index contributed by atoms with van der Waals surface area (Å²) in [5.41, 5.74) is 2.73. The van der Waals surface area contributed by atoms with Crippen molar-refractivity contribution in [1.82, 2.24) is 24.8 Å². The Morgan fingerprint density at radius 1 is 1.19 bits per heavy atom. The van der Waals surface area contributed by atoms with Crippen molar-refractivity contribution in [2.45, 2.75) is 32.5 Å². The second-order valence-corrected chi connectivity index (χ2v) is 9.22. The lowest BCUT2D eigenvalue weighted by atomic mass is 9.99. The predicted molar refractivity (Wildman–Crippen MR) is 136 cm³/mol. The van der Waals surface area contributed by atoms with E-state index in [0.29, 0.717) is 29.9 Å². The number of hydrogen-bond acceptors (Lipinski definition) is 7. The van der Waals surface area contributed by atoms with Crippen LogP contribution in [0.2, 0.25) is 0 Å². The number of amides is 1.